The Hall–Kier alpha value is -0.850. The van der Waals surface area contributed by atoms with Crippen LogP contribution in [-0.4, -0.2) is 36.4 Å². The molecule has 0 heterocycles. The summed E-state index contributed by atoms with van der Waals surface area (Å²) < 4.78 is 49.1. The van der Waals surface area contributed by atoms with Crippen LogP contribution in [0.4, 0.5) is 17.6 Å². The summed E-state index contributed by atoms with van der Waals surface area (Å²) in [4.78, 5) is 11.6. The molecule has 1 atom stereocenters. The third-order valence-electron chi connectivity index (χ3n) is 2.70. The van der Waals surface area contributed by atoms with E-state index in [0.29, 0.717) is 6.42 Å². The summed E-state index contributed by atoms with van der Waals surface area (Å²) in [6, 6.07) is -0.958. The van der Waals surface area contributed by atoms with E-state index in [2.05, 4.69) is 10.6 Å². The maximum Gasteiger partial charge on any atom is 0.319 e. The average Bonchev–Trinajstić information content (AvgIpc) is 2.25. The van der Waals surface area contributed by atoms with Crippen LogP contribution in [0.15, 0.2) is 0 Å². The van der Waals surface area contributed by atoms with Crippen molar-refractivity contribution in [2.45, 2.75) is 58.0 Å². The fourth-order valence-electron chi connectivity index (χ4n) is 0.989. The van der Waals surface area contributed by atoms with Crippen molar-refractivity contribution in [3.8, 4) is 0 Å². The molecule has 7 heteroatoms. The Labute approximate surface area is 104 Å². The first-order valence-electron chi connectivity index (χ1n) is 5.73. The average molecular weight is 272 g/mol. The Morgan fingerprint density at radius 2 is 1.78 bits per heavy atom. The molecule has 18 heavy (non-hydrogen) atoms. The Balaban J connectivity index is 4.26. The van der Waals surface area contributed by atoms with Crippen molar-refractivity contribution < 1.29 is 22.4 Å². The molecule has 0 spiro atoms. The highest BCUT2D eigenvalue weighted by molar-refractivity contribution is 5.81. The van der Waals surface area contributed by atoms with E-state index in [4.69, 9.17) is 0 Å². The number of hydrogen-bond acceptors (Lipinski definition) is 2. The minimum absolute atomic E-state index is 0.460. The fourth-order valence-corrected chi connectivity index (χ4v) is 0.989. The Morgan fingerprint density at radius 3 is 2.17 bits per heavy atom. The van der Waals surface area contributed by atoms with Gasteiger partial charge in [-0.25, -0.2) is 8.78 Å². The third-order valence-corrected chi connectivity index (χ3v) is 2.70. The van der Waals surface area contributed by atoms with Gasteiger partial charge in [-0.2, -0.15) is 8.78 Å². The predicted octanol–water partition coefficient (Wildman–Crippen LogP) is 2.17. The van der Waals surface area contributed by atoms with E-state index in [9.17, 15) is 22.4 Å². The first-order valence-corrected chi connectivity index (χ1v) is 5.73. The van der Waals surface area contributed by atoms with Crippen molar-refractivity contribution in [2.75, 3.05) is 6.54 Å². The Bertz CT molecular complexity index is 282. The maximum atomic E-state index is 12.6. The van der Waals surface area contributed by atoms with E-state index in [-0.39, 0.29) is 0 Å². The molecule has 1 unspecified atom stereocenters. The van der Waals surface area contributed by atoms with Gasteiger partial charge < -0.3 is 10.6 Å². The van der Waals surface area contributed by atoms with Crippen LogP contribution >= 0.6 is 0 Å². The maximum absolute atomic E-state index is 12.6. The zero-order chi connectivity index (χ0) is 14.6. The zero-order valence-electron chi connectivity index (χ0n) is 11.0. The van der Waals surface area contributed by atoms with Crippen LogP contribution in [0.1, 0.15) is 34.1 Å². The van der Waals surface area contributed by atoms with Crippen molar-refractivity contribution >= 4 is 5.91 Å². The van der Waals surface area contributed by atoms with Crippen LogP contribution in [0, 0.1) is 0 Å². The van der Waals surface area contributed by atoms with Gasteiger partial charge in [0.25, 0.3) is 0 Å². The molecule has 1 amide bonds. The van der Waals surface area contributed by atoms with Crippen LogP contribution in [-0.2, 0) is 4.79 Å². The molecule has 108 valence electrons. The quantitative estimate of drug-likeness (QED) is 0.697. The molecule has 0 bridgehead atoms. The molecular weight excluding hydrogens is 252 g/mol. The molecule has 0 aliphatic rings. The highest BCUT2D eigenvalue weighted by Crippen LogP contribution is 2.21. The molecule has 0 aromatic heterocycles. The van der Waals surface area contributed by atoms with Crippen LogP contribution < -0.4 is 10.6 Å². The SMILES string of the molecule is CCC(C)(C)NC(=O)C(C)NCC(F)(F)C(F)F. The second kappa shape index (κ2) is 6.36. The van der Waals surface area contributed by atoms with Gasteiger partial charge in [0, 0.05) is 5.54 Å². The first kappa shape index (κ1) is 17.2. The minimum atomic E-state index is -4.13. The topological polar surface area (TPSA) is 41.1 Å². The van der Waals surface area contributed by atoms with Crippen molar-refractivity contribution in [1.82, 2.24) is 10.6 Å². The summed E-state index contributed by atoms with van der Waals surface area (Å²) in [6.45, 7) is 5.55. The number of nitrogens with one attached hydrogen (secondary N) is 2. The van der Waals surface area contributed by atoms with E-state index in [1.54, 1.807) is 13.8 Å². The number of amides is 1. The van der Waals surface area contributed by atoms with Crippen molar-refractivity contribution in [3.63, 3.8) is 0 Å². The van der Waals surface area contributed by atoms with Crippen LogP contribution in [0.25, 0.3) is 0 Å². The van der Waals surface area contributed by atoms with Gasteiger partial charge in [0.1, 0.15) is 0 Å². The van der Waals surface area contributed by atoms with Gasteiger partial charge in [-0.15, -0.1) is 0 Å². The van der Waals surface area contributed by atoms with Gasteiger partial charge >= 0.3 is 12.3 Å². The van der Waals surface area contributed by atoms with E-state index < -0.39 is 36.4 Å². The van der Waals surface area contributed by atoms with Crippen molar-refractivity contribution in [2.24, 2.45) is 0 Å². The number of hydrogen-bond donors (Lipinski definition) is 2. The van der Waals surface area contributed by atoms with Gasteiger partial charge in [-0.3, -0.25) is 4.79 Å². The summed E-state index contributed by atoms with van der Waals surface area (Å²) in [5.41, 5.74) is -0.460. The van der Waals surface area contributed by atoms with Gasteiger partial charge in [-0.05, 0) is 27.2 Å². The zero-order valence-corrected chi connectivity index (χ0v) is 11.0. The van der Waals surface area contributed by atoms with Crippen LogP contribution in [0.3, 0.4) is 0 Å². The minimum Gasteiger partial charge on any atom is -0.350 e. The lowest BCUT2D eigenvalue weighted by molar-refractivity contribution is -0.132. The molecule has 0 aromatic rings. The van der Waals surface area contributed by atoms with E-state index >= 15 is 0 Å². The van der Waals surface area contributed by atoms with E-state index in [1.807, 2.05) is 6.92 Å². The number of carbonyl (C=O) groups excluding carboxylic acids is 1. The number of carbonyl (C=O) groups is 1. The molecule has 0 fully saturated rings. The highest BCUT2D eigenvalue weighted by atomic mass is 19.3. The molecule has 0 saturated carbocycles. The Kier molecular flexibility index (Phi) is 6.06. The van der Waals surface area contributed by atoms with Gasteiger partial charge in [0.05, 0.1) is 12.6 Å². The lowest BCUT2D eigenvalue weighted by Gasteiger charge is -2.27. The van der Waals surface area contributed by atoms with Gasteiger partial charge in [0.15, 0.2) is 0 Å². The monoisotopic (exact) mass is 272 g/mol. The number of halogens is 4. The molecular formula is C11H20F4N2O. The van der Waals surface area contributed by atoms with Crippen molar-refractivity contribution in [1.29, 1.82) is 0 Å². The molecule has 0 saturated heterocycles. The number of rotatable bonds is 7. The Morgan fingerprint density at radius 1 is 1.28 bits per heavy atom. The summed E-state index contributed by atoms with van der Waals surface area (Å²) in [5, 5.41) is 4.75. The second-order valence-electron chi connectivity index (χ2n) is 4.89. The largest absolute Gasteiger partial charge is 0.350 e. The van der Waals surface area contributed by atoms with Gasteiger partial charge in [-0.1, -0.05) is 6.92 Å². The molecule has 2 N–H and O–H groups in total. The van der Waals surface area contributed by atoms with E-state index in [1.165, 1.54) is 6.92 Å². The van der Waals surface area contributed by atoms with Crippen molar-refractivity contribution in [3.05, 3.63) is 0 Å². The molecule has 0 aliphatic heterocycles. The number of alkyl halides is 4. The lowest BCUT2D eigenvalue weighted by Crippen LogP contribution is -2.53. The predicted molar refractivity (Wildman–Crippen MR) is 60.9 cm³/mol. The molecule has 0 aromatic carbocycles. The smallest absolute Gasteiger partial charge is 0.319 e. The van der Waals surface area contributed by atoms with E-state index in [0.717, 1.165) is 0 Å². The summed E-state index contributed by atoms with van der Waals surface area (Å²) in [7, 11) is 0. The highest BCUT2D eigenvalue weighted by Gasteiger charge is 2.40. The second-order valence-corrected chi connectivity index (χ2v) is 4.89. The fraction of sp³-hybridized carbons (Fsp3) is 0.909. The molecule has 0 aliphatic carbocycles. The standard InChI is InChI=1S/C11H20F4N2O/c1-5-10(3,4)17-8(18)7(2)16-6-11(14,15)9(12)13/h7,9,16H,5-6H2,1-4H3,(H,17,18). The summed E-state index contributed by atoms with van der Waals surface area (Å²) in [5.74, 6) is -4.62. The molecule has 3 nitrogen and oxygen atoms in total. The van der Waals surface area contributed by atoms with Gasteiger partial charge in [0.2, 0.25) is 5.91 Å². The van der Waals surface area contributed by atoms with Crippen LogP contribution in [0.2, 0.25) is 0 Å². The summed E-state index contributed by atoms with van der Waals surface area (Å²) >= 11 is 0. The lowest BCUT2D eigenvalue weighted by atomic mass is 10.0. The summed E-state index contributed by atoms with van der Waals surface area (Å²) in [6.07, 6.45) is -3.08. The normalized spacial score (nSPS) is 14.7. The van der Waals surface area contributed by atoms with Crippen LogP contribution in [0.5, 0.6) is 0 Å². The third kappa shape index (κ3) is 5.66. The molecule has 0 radical (unpaired) electrons. The first-order chi connectivity index (χ1) is 8.02. The molecule has 0 rings (SSSR count).